The van der Waals surface area contributed by atoms with E-state index in [0.717, 1.165) is 49.0 Å². The molecule has 2 aromatic carbocycles. The first-order valence-corrected chi connectivity index (χ1v) is 13.6. The summed E-state index contributed by atoms with van der Waals surface area (Å²) in [5, 5.41) is 6.64. The Labute approximate surface area is 203 Å². The molecule has 1 aliphatic carbocycles. The first-order chi connectivity index (χ1) is 16.1. The lowest BCUT2D eigenvalue weighted by Crippen LogP contribution is -2.23. The maximum absolute atomic E-state index is 12.5. The van der Waals surface area contributed by atoms with Gasteiger partial charge in [0.15, 0.2) is 0 Å². The molecule has 0 fully saturated rings. The Bertz CT molecular complexity index is 1160. The molecule has 0 bridgehead atoms. The molecular weight excluding hydrogens is 448 g/mol. The zero-order valence-corrected chi connectivity index (χ0v) is 21.5. The van der Waals surface area contributed by atoms with E-state index in [0.29, 0.717) is 11.6 Å². The monoisotopic (exact) mass is 484 g/mol. The second-order valence-electron chi connectivity index (χ2n) is 9.20. The second-order valence-corrected chi connectivity index (χ2v) is 11.0. The van der Waals surface area contributed by atoms with Crippen LogP contribution in [0.15, 0.2) is 48.6 Å². The number of fused-ring (bicyclic) bond motifs is 1. The molecule has 1 amide bonds. The van der Waals surface area contributed by atoms with Gasteiger partial charge in [-0.2, -0.15) is 0 Å². The largest absolute Gasteiger partial charge is 0.378 e. The minimum Gasteiger partial charge on any atom is -0.378 e. The molecule has 2 unspecified atom stereocenters. The molecule has 34 heavy (non-hydrogen) atoms. The van der Waals surface area contributed by atoms with Crippen LogP contribution < -0.4 is 20.3 Å². The summed E-state index contributed by atoms with van der Waals surface area (Å²) in [5.74, 6) is 0.240. The Morgan fingerprint density at radius 1 is 1.21 bits per heavy atom. The average molecular weight is 485 g/mol. The van der Waals surface area contributed by atoms with Crippen LogP contribution in [0.25, 0.3) is 0 Å². The number of rotatable bonds is 9. The minimum atomic E-state index is -3.34. The second kappa shape index (κ2) is 11.0. The van der Waals surface area contributed by atoms with E-state index in [1.165, 1.54) is 11.1 Å². The Morgan fingerprint density at radius 3 is 2.62 bits per heavy atom. The molecule has 184 valence electrons. The first kappa shape index (κ1) is 25.6. The van der Waals surface area contributed by atoms with Crippen LogP contribution >= 0.6 is 0 Å². The van der Waals surface area contributed by atoms with E-state index in [1.54, 1.807) is 18.2 Å². The highest BCUT2D eigenvalue weighted by Gasteiger charge is 2.25. The minimum absolute atomic E-state index is 0.0889. The van der Waals surface area contributed by atoms with Gasteiger partial charge in [-0.3, -0.25) is 9.52 Å². The van der Waals surface area contributed by atoms with Crippen LogP contribution in [0.1, 0.15) is 50.3 Å². The van der Waals surface area contributed by atoms with Gasteiger partial charge < -0.3 is 15.5 Å². The van der Waals surface area contributed by atoms with Gasteiger partial charge in [-0.05, 0) is 66.6 Å². The lowest BCUT2D eigenvalue weighted by Gasteiger charge is -2.32. The molecule has 0 aromatic heterocycles. The van der Waals surface area contributed by atoms with Crippen LogP contribution in [0.3, 0.4) is 0 Å². The number of nitrogens with zero attached hydrogens (tertiary/aromatic N) is 1. The molecular formula is C26H36N4O3S. The topological polar surface area (TPSA) is 90.5 Å². The van der Waals surface area contributed by atoms with Gasteiger partial charge in [0.1, 0.15) is 0 Å². The fraction of sp³-hybridized carbons (Fsp3) is 0.423. The molecule has 0 aliphatic heterocycles. The smallest absolute Gasteiger partial charge is 0.248 e. The third-order valence-corrected chi connectivity index (χ3v) is 6.65. The third-order valence-electron chi connectivity index (χ3n) is 6.05. The van der Waals surface area contributed by atoms with Crippen molar-refractivity contribution in [3.63, 3.8) is 0 Å². The number of anilines is 4. The Morgan fingerprint density at radius 2 is 1.94 bits per heavy atom. The number of amides is 1. The normalized spacial score (nSPS) is 16.6. The summed E-state index contributed by atoms with van der Waals surface area (Å²) in [5.41, 5.74) is 5.64. The lowest BCUT2D eigenvalue weighted by molar-refractivity contribution is -0.111. The Kier molecular flexibility index (Phi) is 8.25. The number of hydrogen-bond donors (Lipinski definition) is 3. The number of carbonyl (C=O) groups excluding carboxylic acids is 1. The van der Waals surface area contributed by atoms with Gasteiger partial charge in [0.05, 0.1) is 29.4 Å². The number of nitrogens with one attached hydrogen (secondary N) is 3. The lowest BCUT2D eigenvalue weighted by atomic mass is 9.85. The fourth-order valence-electron chi connectivity index (χ4n) is 4.29. The molecule has 3 N–H and O–H groups in total. The van der Waals surface area contributed by atoms with Crippen molar-refractivity contribution in [3.8, 4) is 0 Å². The van der Waals surface area contributed by atoms with Crippen molar-refractivity contribution in [2.75, 3.05) is 40.6 Å². The van der Waals surface area contributed by atoms with E-state index < -0.39 is 10.0 Å². The number of benzene rings is 2. The molecule has 7 nitrogen and oxygen atoms in total. The van der Waals surface area contributed by atoms with Crippen molar-refractivity contribution >= 4 is 38.7 Å². The van der Waals surface area contributed by atoms with Crippen molar-refractivity contribution in [1.82, 2.24) is 0 Å². The predicted octanol–water partition coefficient (Wildman–Crippen LogP) is 5.15. The molecule has 1 aliphatic rings. The standard InChI is InChI=1S/C26H36N4O3S/c1-6-18(2)13-16-25(31)28-24-15-14-21-22(26(24)30(3)4)11-8-12-23(21)27-19-9-7-10-20(17-19)29-34(5,32)33/h7,9-10,13-18,23,27,29H,6,8,11-12H2,1-5H3,(H,28,31)/b16-13+. The highest BCUT2D eigenvalue weighted by molar-refractivity contribution is 7.92. The summed E-state index contributed by atoms with van der Waals surface area (Å²) in [6.45, 7) is 4.19. The summed E-state index contributed by atoms with van der Waals surface area (Å²) >= 11 is 0. The molecule has 0 radical (unpaired) electrons. The summed E-state index contributed by atoms with van der Waals surface area (Å²) in [4.78, 5) is 14.6. The molecule has 0 saturated carbocycles. The van der Waals surface area contributed by atoms with Crippen molar-refractivity contribution in [3.05, 3.63) is 59.7 Å². The fourth-order valence-corrected chi connectivity index (χ4v) is 4.85. The summed E-state index contributed by atoms with van der Waals surface area (Å²) in [6, 6.07) is 11.5. The van der Waals surface area contributed by atoms with Crippen molar-refractivity contribution in [1.29, 1.82) is 0 Å². The number of sulfonamides is 1. The van der Waals surface area contributed by atoms with Gasteiger partial charge in [0.2, 0.25) is 15.9 Å². The van der Waals surface area contributed by atoms with E-state index in [1.807, 2.05) is 38.4 Å². The Balaban J connectivity index is 1.87. The van der Waals surface area contributed by atoms with Crippen molar-refractivity contribution < 1.29 is 13.2 Å². The molecule has 0 heterocycles. The molecule has 0 spiro atoms. The van der Waals surface area contributed by atoms with E-state index in [4.69, 9.17) is 0 Å². The van der Waals surface area contributed by atoms with Crippen LogP contribution in [0, 0.1) is 5.92 Å². The van der Waals surface area contributed by atoms with Crippen molar-refractivity contribution in [2.24, 2.45) is 5.92 Å². The zero-order chi connectivity index (χ0) is 24.9. The van der Waals surface area contributed by atoms with Gasteiger partial charge in [0, 0.05) is 19.8 Å². The van der Waals surface area contributed by atoms with E-state index >= 15 is 0 Å². The number of allylic oxidation sites excluding steroid dienone is 1. The SMILES string of the molecule is CCC(C)/C=C/C(=O)Nc1ccc2c(c1N(C)C)CCCC2Nc1cccc(NS(C)(=O)=O)c1. The molecule has 2 atom stereocenters. The highest BCUT2D eigenvalue weighted by atomic mass is 32.2. The Hall–Kier alpha value is -3.00. The summed E-state index contributed by atoms with van der Waals surface area (Å²) < 4.78 is 25.7. The zero-order valence-electron chi connectivity index (χ0n) is 20.7. The average Bonchev–Trinajstić information content (AvgIpc) is 2.76. The van der Waals surface area contributed by atoms with E-state index in [9.17, 15) is 13.2 Å². The van der Waals surface area contributed by atoms with Crippen LogP contribution in [0.5, 0.6) is 0 Å². The highest BCUT2D eigenvalue weighted by Crippen LogP contribution is 2.41. The summed E-state index contributed by atoms with van der Waals surface area (Å²) in [6.07, 6.45) is 8.61. The number of hydrogen-bond acceptors (Lipinski definition) is 5. The molecule has 8 heteroatoms. The van der Waals surface area contributed by atoms with Crippen LogP contribution in [0.2, 0.25) is 0 Å². The van der Waals surface area contributed by atoms with Gasteiger partial charge in [-0.15, -0.1) is 0 Å². The number of carbonyl (C=O) groups is 1. The van der Waals surface area contributed by atoms with Crippen LogP contribution in [0.4, 0.5) is 22.7 Å². The van der Waals surface area contributed by atoms with Crippen molar-refractivity contribution in [2.45, 2.75) is 45.6 Å². The van der Waals surface area contributed by atoms with Gasteiger partial charge in [0.25, 0.3) is 0 Å². The first-order valence-electron chi connectivity index (χ1n) is 11.7. The van der Waals surface area contributed by atoms with E-state index in [-0.39, 0.29) is 11.9 Å². The van der Waals surface area contributed by atoms with Gasteiger partial charge >= 0.3 is 0 Å². The van der Waals surface area contributed by atoms with Crippen LogP contribution in [-0.2, 0) is 21.2 Å². The molecule has 3 rings (SSSR count). The maximum Gasteiger partial charge on any atom is 0.248 e. The molecule has 2 aromatic rings. The van der Waals surface area contributed by atoms with Gasteiger partial charge in [-0.25, -0.2) is 8.42 Å². The van der Waals surface area contributed by atoms with Crippen LogP contribution in [-0.4, -0.2) is 34.7 Å². The predicted molar refractivity (Wildman–Crippen MR) is 142 cm³/mol. The molecule has 0 saturated heterocycles. The van der Waals surface area contributed by atoms with E-state index in [2.05, 4.69) is 40.2 Å². The summed E-state index contributed by atoms with van der Waals surface area (Å²) in [7, 11) is 0.656. The van der Waals surface area contributed by atoms with Gasteiger partial charge in [-0.1, -0.05) is 38.5 Å². The third kappa shape index (κ3) is 6.76. The quantitative estimate of drug-likeness (QED) is 0.428. The maximum atomic E-state index is 12.5.